The third-order valence-electron chi connectivity index (χ3n) is 10.6. The van der Waals surface area contributed by atoms with Crippen molar-refractivity contribution < 1.29 is 54.7 Å². The Kier molecular flexibility index (Phi) is 12.1. The normalized spacial score (nSPS) is 22.9. The standard InChI is InChI=1S/C38H46FN7O12S2/c1-6-23-17-38(23,34(49)43-59(53,54)25-14-15-25)41-32(47)30-16-24(57-36(51)45-18-22-10-9-11-27(39)26(22)20-45)19-46(30)33(48)29(40-35(50)58-37(2,3)4)21-44(5)60(55,56)31-13-8-7-12-28(31)42-52/h6-13,23-25,29-30H,1,14-21H2,2-5H3,(H,40,50)(H,41,47)(H,43,49)/t23-,24-,29+,30+,38-/m1/s1. The van der Waals surface area contributed by atoms with Gasteiger partial charge in [-0.1, -0.05) is 30.3 Å². The number of nitrogens with one attached hydrogen (secondary N) is 3. The molecule has 2 aliphatic heterocycles. The van der Waals surface area contributed by atoms with E-state index in [2.05, 4.69) is 22.4 Å². The van der Waals surface area contributed by atoms with Crippen LogP contribution in [-0.4, -0.2) is 116 Å². The predicted octanol–water partition coefficient (Wildman–Crippen LogP) is 2.53. The molecule has 0 aromatic heterocycles. The Hall–Kier alpha value is -5.48. The van der Waals surface area contributed by atoms with Crippen molar-refractivity contribution in [3.05, 3.63) is 77.0 Å². The van der Waals surface area contributed by atoms with Crippen LogP contribution in [-0.2, 0) is 57.0 Å². The zero-order valence-electron chi connectivity index (χ0n) is 33.3. The number of sulfonamides is 2. The number of amides is 5. The van der Waals surface area contributed by atoms with Gasteiger partial charge in [0.05, 0.1) is 18.3 Å². The highest BCUT2D eigenvalue weighted by molar-refractivity contribution is 7.91. The van der Waals surface area contributed by atoms with Crippen LogP contribution in [0.4, 0.5) is 19.7 Å². The number of fused-ring (bicyclic) bond motifs is 1. The summed E-state index contributed by atoms with van der Waals surface area (Å²) in [5.41, 5.74) is -2.41. The molecular formula is C38H46FN7O12S2. The third-order valence-corrected chi connectivity index (χ3v) is 14.3. The SMILES string of the molecule is C=C[C@@H]1C[C@]1(NC(=O)[C@@H]1C[C@@H](OC(=O)N2Cc3cccc(F)c3C2)CN1C(=O)[C@H](CN(C)S(=O)(=O)c1ccccc1N=O)NC(=O)OC(C)(C)C)C(=O)NS(=O)(=O)C1CC1. The van der Waals surface area contributed by atoms with Gasteiger partial charge in [0.25, 0.3) is 5.91 Å². The number of ether oxygens (including phenoxy) is 2. The second-order valence-electron chi connectivity index (χ2n) is 16.2. The summed E-state index contributed by atoms with van der Waals surface area (Å²) >= 11 is 0. The summed E-state index contributed by atoms with van der Waals surface area (Å²) in [7, 11) is -7.51. The average Bonchev–Trinajstić information content (AvgIpc) is 4.07. The molecule has 5 amide bonds. The highest BCUT2D eigenvalue weighted by atomic mass is 32.2. The van der Waals surface area contributed by atoms with Gasteiger partial charge in [-0.05, 0) is 69.0 Å². The Morgan fingerprint density at radius 3 is 2.38 bits per heavy atom. The number of likely N-dealkylation sites (N-methyl/N-ethyl adjacent to an activating group) is 1. The highest BCUT2D eigenvalue weighted by Crippen LogP contribution is 2.45. The van der Waals surface area contributed by atoms with Crippen molar-refractivity contribution >= 4 is 55.6 Å². The van der Waals surface area contributed by atoms with E-state index in [9.17, 15) is 50.1 Å². The fraction of sp³-hybridized carbons (Fsp3) is 0.500. The Labute approximate surface area is 346 Å². The molecule has 2 heterocycles. The molecule has 19 nitrogen and oxygen atoms in total. The molecule has 324 valence electrons. The minimum absolute atomic E-state index is 0.0149. The first-order valence-corrected chi connectivity index (χ1v) is 22.0. The molecule has 0 radical (unpaired) electrons. The van der Waals surface area contributed by atoms with Crippen LogP contribution in [0.1, 0.15) is 57.6 Å². The maximum absolute atomic E-state index is 14.7. The number of rotatable bonds is 14. The van der Waals surface area contributed by atoms with Crippen molar-refractivity contribution in [3.8, 4) is 0 Å². The van der Waals surface area contributed by atoms with E-state index in [1.54, 1.807) is 26.8 Å². The number of nitroso groups, excluding NO2 is 1. The highest BCUT2D eigenvalue weighted by Gasteiger charge is 2.62. The first-order chi connectivity index (χ1) is 28.1. The van der Waals surface area contributed by atoms with Gasteiger partial charge in [0.2, 0.25) is 31.9 Å². The molecule has 2 aromatic carbocycles. The van der Waals surface area contributed by atoms with Crippen molar-refractivity contribution in [3.63, 3.8) is 0 Å². The maximum atomic E-state index is 14.7. The largest absolute Gasteiger partial charge is 0.444 e. The molecule has 4 aliphatic rings. The Bertz CT molecular complexity index is 2340. The maximum Gasteiger partial charge on any atom is 0.410 e. The van der Waals surface area contributed by atoms with Crippen LogP contribution in [0.2, 0.25) is 0 Å². The van der Waals surface area contributed by atoms with Crippen molar-refractivity contribution in [2.45, 2.75) is 99.0 Å². The van der Waals surface area contributed by atoms with Crippen molar-refractivity contribution in [2.75, 3.05) is 20.1 Å². The monoisotopic (exact) mass is 875 g/mol. The van der Waals surface area contributed by atoms with Crippen LogP contribution in [0.25, 0.3) is 0 Å². The van der Waals surface area contributed by atoms with Gasteiger partial charge in [0.15, 0.2) is 0 Å². The Balaban J connectivity index is 1.30. The molecule has 0 bridgehead atoms. The number of carbonyl (C=O) groups excluding carboxylic acids is 5. The van der Waals surface area contributed by atoms with Gasteiger partial charge in [-0.15, -0.1) is 11.5 Å². The molecular weight excluding hydrogens is 830 g/mol. The minimum atomic E-state index is -4.55. The lowest BCUT2D eigenvalue weighted by molar-refractivity contribution is -0.141. The van der Waals surface area contributed by atoms with Crippen molar-refractivity contribution in [1.82, 2.24) is 29.5 Å². The molecule has 60 heavy (non-hydrogen) atoms. The van der Waals surface area contributed by atoms with Crippen LogP contribution in [0.3, 0.4) is 0 Å². The minimum Gasteiger partial charge on any atom is -0.444 e. The number of hydrogen-bond donors (Lipinski definition) is 3. The summed E-state index contributed by atoms with van der Waals surface area (Å²) in [5.74, 6) is -4.21. The Morgan fingerprint density at radius 1 is 1.07 bits per heavy atom. The summed E-state index contributed by atoms with van der Waals surface area (Å²) < 4.78 is 81.3. The van der Waals surface area contributed by atoms with Crippen LogP contribution in [0.5, 0.6) is 0 Å². The fourth-order valence-electron chi connectivity index (χ4n) is 7.23. The predicted molar refractivity (Wildman–Crippen MR) is 210 cm³/mol. The van der Waals surface area contributed by atoms with E-state index in [4.69, 9.17) is 9.47 Å². The first kappa shape index (κ1) is 44.1. The molecule has 2 aliphatic carbocycles. The molecule has 2 saturated carbocycles. The molecule has 2 aromatic rings. The average molecular weight is 876 g/mol. The first-order valence-electron chi connectivity index (χ1n) is 19.0. The zero-order valence-corrected chi connectivity index (χ0v) is 34.9. The number of hydrogen-bond acceptors (Lipinski definition) is 13. The van der Waals surface area contributed by atoms with Crippen LogP contribution >= 0.6 is 0 Å². The lowest BCUT2D eigenvalue weighted by Gasteiger charge is -2.31. The van der Waals surface area contributed by atoms with E-state index in [1.807, 2.05) is 4.72 Å². The Morgan fingerprint density at radius 2 is 1.77 bits per heavy atom. The zero-order chi connectivity index (χ0) is 43.9. The summed E-state index contributed by atoms with van der Waals surface area (Å²) in [6.07, 6.45) is -1.52. The van der Waals surface area contributed by atoms with Gasteiger partial charge in [-0.2, -0.15) is 4.31 Å². The van der Waals surface area contributed by atoms with Gasteiger partial charge in [-0.3, -0.25) is 24.0 Å². The summed E-state index contributed by atoms with van der Waals surface area (Å²) in [4.78, 5) is 82.4. The summed E-state index contributed by atoms with van der Waals surface area (Å²) in [6, 6.07) is 6.15. The molecule has 22 heteroatoms. The smallest absolute Gasteiger partial charge is 0.410 e. The third kappa shape index (κ3) is 9.29. The second kappa shape index (κ2) is 16.5. The molecule has 1 saturated heterocycles. The molecule has 3 N–H and O–H groups in total. The number of carbonyl (C=O) groups is 5. The quantitative estimate of drug-likeness (QED) is 0.183. The number of alkyl carbamates (subject to hydrolysis) is 1. The van der Waals surface area contributed by atoms with Crippen molar-refractivity contribution in [2.24, 2.45) is 11.1 Å². The summed E-state index contributed by atoms with van der Waals surface area (Å²) in [6.45, 7) is 6.99. The number of halogens is 1. The lowest BCUT2D eigenvalue weighted by Crippen LogP contribution is -2.60. The van der Waals surface area contributed by atoms with Crippen LogP contribution in [0, 0.1) is 16.6 Å². The second-order valence-corrected chi connectivity index (χ2v) is 20.2. The van der Waals surface area contributed by atoms with Gasteiger partial charge >= 0.3 is 12.2 Å². The van der Waals surface area contributed by atoms with Crippen LogP contribution < -0.4 is 15.4 Å². The van der Waals surface area contributed by atoms with E-state index in [0.717, 1.165) is 18.0 Å². The summed E-state index contributed by atoms with van der Waals surface area (Å²) in [5, 5.41) is 7.00. The lowest BCUT2D eigenvalue weighted by atomic mass is 10.1. The van der Waals surface area contributed by atoms with Gasteiger partial charge in [0, 0.05) is 38.0 Å². The van der Waals surface area contributed by atoms with E-state index in [-0.39, 0.29) is 25.9 Å². The topological polar surface area (TPSA) is 247 Å². The van der Waals surface area contributed by atoms with Gasteiger partial charge in [-0.25, -0.2) is 30.8 Å². The number of likely N-dealkylation sites (tertiary alicyclic amines) is 1. The number of benzene rings is 2. The molecule has 0 spiro atoms. The van der Waals surface area contributed by atoms with E-state index in [0.29, 0.717) is 28.3 Å². The van der Waals surface area contributed by atoms with E-state index in [1.165, 1.54) is 41.3 Å². The fourth-order valence-corrected chi connectivity index (χ4v) is 9.90. The van der Waals surface area contributed by atoms with E-state index < -0.39 is 120 Å². The molecule has 6 rings (SSSR count). The molecule has 5 atom stereocenters. The number of nitrogens with zero attached hydrogens (tertiary/aromatic N) is 4. The van der Waals surface area contributed by atoms with Gasteiger partial charge in [0.1, 0.15) is 45.7 Å². The van der Waals surface area contributed by atoms with Crippen LogP contribution in [0.15, 0.2) is 65.2 Å². The van der Waals surface area contributed by atoms with Gasteiger partial charge < -0.3 is 25.0 Å². The van der Waals surface area contributed by atoms with Crippen molar-refractivity contribution in [1.29, 1.82) is 0 Å². The molecule has 0 unspecified atom stereocenters. The van der Waals surface area contributed by atoms with E-state index >= 15 is 0 Å². The molecule has 3 fully saturated rings.